The van der Waals surface area contributed by atoms with Crippen LogP contribution < -0.4 is 5.32 Å². The van der Waals surface area contributed by atoms with Gasteiger partial charge in [0, 0.05) is 17.3 Å². The number of benzene rings is 2. The third kappa shape index (κ3) is 4.51. The Morgan fingerprint density at radius 2 is 1.81 bits per heavy atom. The van der Waals surface area contributed by atoms with Crippen molar-refractivity contribution in [3.8, 4) is 0 Å². The molecule has 0 amide bonds. The lowest BCUT2D eigenvalue weighted by Gasteiger charge is -2.09. The molecule has 27 heavy (non-hydrogen) atoms. The van der Waals surface area contributed by atoms with E-state index in [2.05, 4.69) is 16.9 Å². The lowest BCUT2D eigenvalue weighted by molar-refractivity contribution is -0.137. The van der Waals surface area contributed by atoms with E-state index in [-0.39, 0.29) is 5.82 Å². The van der Waals surface area contributed by atoms with Crippen molar-refractivity contribution in [1.82, 2.24) is 4.98 Å². The molecule has 2 N–H and O–H groups in total. The van der Waals surface area contributed by atoms with Crippen molar-refractivity contribution in [2.24, 2.45) is 0 Å². The monoisotopic (exact) mass is 376 g/mol. The van der Waals surface area contributed by atoms with Crippen LogP contribution in [0.3, 0.4) is 0 Å². The number of alkyl halides is 3. The summed E-state index contributed by atoms with van der Waals surface area (Å²) in [4.78, 5) is 3.03. The van der Waals surface area contributed by atoms with Gasteiger partial charge in [0.05, 0.1) is 16.8 Å². The summed E-state index contributed by atoms with van der Waals surface area (Å²) in [5.74, 6) is -0.293. The molecule has 0 bridgehead atoms. The number of aryl methyl sites for hydroxylation is 2. The van der Waals surface area contributed by atoms with Crippen LogP contribution in [-0.4, -0.2) is 4.98 Å². The molecule has 0 spiro atoms. The highest BCUT2D eigenvalue weighted by Gasteiger charge is 2.29. The van der Waals surface area contributed by atoms with Gasteiger partial charge in [0.15, 0.2) is 0 Å². The summed E-state index contributed by atoms with van der Waals surface area (Å²) >= 11 is 0. The molecule has 0 saturated heterocycles. The quantitative estimate of drug-likeness (QED) is 0.476. The van der Waals surface area contributed by atoms with Crippen LogP contribution in [0.2, 0.25) is 0 Å². The van der Waals surface area contributed by atoms with E-state index in [4.69, 9.17) is 0 Å². The molecule has 1 aromatic heterocycles. The fourth-order valence-electron chi connectivity index (χ4n) is 3.06. The molecule has 0 saturated carbocycles. The molecule has 0 unspecified atom stereocenters. The molecule has 0 aliphatic carbocycles. The number of allylic oxidation sites excluding steroid dienone is 1. The van der Waals surface area contributed by atoms with Crippen LogP contribution in [0.4, 0.5) is 23.2 Å². The van der Waals surface area contributed by atoms with Crippen LogP contribution in [0.5, 0.6) is 0 Å². The first-order valence-electron chi connectivity index (χ1n) is 8.62. The number of anilines is 1. The Labute approximate surface area is 154 Å². The SMILES string of the molecule is C=C(C)Nc1c[nH]c2cc(F)c(CCCc3ccc(C(F)(F)F)cc3)cc12. The molecule has 142 valence electrons. The zero-order valence-electron chi connectivity index (χ0n) is 14.9. The maximum absolute atomic E-state index is 14.3. The largest absolute Gasteiger partial charge is 0.416 e. The molecular weight excluding hydrogens is 356 g/mol. The van der Waals surface area contributed by atoms with Crippen molar-refractivity contribution in [2.75, 3.05) is 5.32 Å². The minimum absolute atomic E-state index is 0.293. The summed E-state index contributed by atoms with van der Waals surface area (Å²) in [5.41, 5.74) is 3.04. The van der Waals surface area contributed by atoms with E-state index in [0.29, 0.717) is 30.3 Å². The number of fused-ring (bicyclic) bond motifs is 1. The molecule has 6 heteroatoms. The van der Waals surface area contributed by atoms with Gasteiger partial charge < -0.3 is 10.3 Å². The average molecular weight is 376 g/mol. The number of hydrogen-bond donors (Lipinski definition) is 2. The Morgan fingerprint density at radius 1 is 1.11 bits per heavy atom. The summed E-state index contributed by atoms with van der Waals surface area (Å²) in [7, 11) is 0. The molecule has 1 heterocycles. The number of aromatic amines is 1. The second-order valence-electron chi connectivity index (χ2n) is 6.65. The molecule has 3 aromatic rings. The number of rotatable bonds is 6. The highest BCUT2D eigenvalue weighted by Crippen LogP contribution is 2.30. The molecule has 0 radical (unpaired) electrons. The average Bonchev–Trinajstić information content (AvgIpc) is 2.96. The van der Waals surface area contributed by atoms with Gasteiger partial charge in [0.1, 0.15) is 5.82 Å². The van der Waals surface area contributed by atoms with Crippen LogP contribution in [0, 0.1) is 5.82 Å². The zero-order chi connectivity index (χ0) is 19.6. The molecule has 0 fully saturated rings. The van der Waals surface area contributed by atoms with Crippen LogP contribution in [0.1, 0.15) is 30.0 Å². The van der Waals surface area contributed by atoms with E-state index >= 15 is 0 Å². The summed E-state index contributed by atoms with van der Waals surface area (Å²) in [6, 6.07) is 8.38. The fraction of sp³-hybridized carbons (Fsp3) is 0.238. The van der Waals surface area contributed by atoms with Gasteiger partial charge >= 0.3 is 6.18 Å². The van der Waals surface area contributed by atoms with Gasteiger partial charge in [-0.3, -0.25) is 0 Å². The highest BCUT2D eigenvalue weighted by atomic mass is 19.4. The Morgan fingerprint density at radius 3 is 2.44 bits per heavy atom. The molecule has 0 atom stereocenters. The zero-order valence-corrected chi connectivity index (χ0v) is 14.9. The van der Waals surface area contributed by atoms with Crippen molar-refractivity contribution in [3.63, 3.8) is 0 Å². The number of halogens is 4. The fourth-order valence-corrected chi connectivity index (χ4v) is 3.06. The van der Waals surface area contributed by atoms with E-state index in [1.54, 1.807) is 12.3 Å². The summed E-state index contributed by atoms with van der Waals surface area (Å²) in [5, 5.41) is 4.01. The first kappa shape index (κ1) is 19.0. The Kier molecular flexibility index (Phi) is 5.26. The van der Waals surface area contributed by atoms with Crippen LogP contribution in [0.25, 0.3) is 10.9 Å². The molecule has 0 aliphatic heterocycles. The first-order chi connectivity index (χ1) is 12.7. The van der Waals surface area contributed by atoms with Gasteiger partial charge in [-0.25, -0.2) is 4.39 Å². The van der Waals surface area contributed by atoms with Crippen molar-refractivity contribution in [2.45, 2.75) is 32.4 Å². The summed E-state index contributed by atoms with van der Waals surface area (Å²) < 4.78 is 52.1. The van der Waals surface area contributed by atoms with Crippen molar-refractivity contribution >= 4 is 16.6 Å². The van der Waals surface area contributed by atoms with Gasteiger partial charge in [0.2, 0.25) is 0 Å². The van der Waals surface area contributed by atoms with Crippen LogP contribution in [0.15, 0.2) is 54.9 Å². The minimum atomic E-state index is -4.33. The molecule has 3 rings (SSSR count). The topological polar surface area (TPSA) is 27.8 Å². The second-order valence-corrected chi connectivity index (χ2v) is 6.65. The molecular formula is C21H20F4N2. The lowest BCUT2D eigenvalue weighted by atomic mass is 10.0. The summed E-state index contributed by atoms with van der Waals surface area (Å²) in [6.45, 7) is 5.65. The van der Waals surface area contributed by atoms with E-state index in [1.807, 2.05) is 6.92 Å². The standard InChI is InChI=1S/C21H20F4N2/c1-13(2)27-20-12-26-19-11-18(22)15(10-17(19)20)5-3-4-14-6-8-16(9-7-14)21(23,24)25/h6-12,26-27H,1,3-5H2,2H3. The Bertz CT molecular complexity index is 953. The normalized spacial score (nSPS) is 11.7. The van der Waals surface area contributed by atoms with Crippen LogP contribution >= 0.6 is 0 Å². The summed E-state index contributed by atoms with van der Waals surface area (Å²) in [6.07, 6.45) is -0.838. The number of aromatic nitrogens is 1. The van der Waals surface area contributed by atoms with Crippen molar-refractivity contribution in [3.05, 3.63) is 77.4 Å². The molecule has 2 nitrogen and oxygen atoms in total. The smallest absolute Gasteiger partial charge is 0.359 e. The lowest BCUT2D eigenvalue weighted by Crippen LogP contribution is -2.04. The van der Waals surface area contributed by atoms with Gasteiger partial charge in [-0.1, -0.05) is 18.7 Å². The van der Waals surface area contributed by atoms with Crippen molar-refractivity contribution in [1.29, 1.82) is 0 Å². The third-order valence-electron chi connectivity index (χ3n) is 4.39. The third-order valence-corrected chi connectivity index (χ3v) is 4.39. The van der Waals surface area contributed by atoms with E-state index in [1.165, 1.54) is 18.2 Å². The van der Waals surface area contributed by atoms with Crippen molar-refractivity contribution < 1.29 is 17.6 Å². The maximum Gasteiger partial charge on any atom is 0.416 e. The predicted molar refractivity (Wildman–Crippen MR) is 100 cm³/mol. The van der Waals surface area contributed by atoms with E-state index in [9.17, 15) is 17.6 Å². The van der Waals surface area contributed by atoms with E-state index < -0.39 is 11.7 Å². The molecule has 0 aliphatic rings. The van der Waals surface area contributed by atoms with Gasteiger partial charge in [-0.2, -0.15) is 13.2 Å². The predicted octanol–water partition coefficient (Wildman–Crippen LogP) is 6.45. The maximum atomic E-state index is 14.3. The molecule has 2 aromatic carbocycles. The minimum Gasteiger partial charge on any atom is -0.359 e. The Hall–Kier alpha value is -2.76. The van der Waals surface area contributed by atoms with Crippen LogP contribution in [-0.2, 0) is 19.0 Å². The van der Waals surface area contributed by atoms with Gasteiger partial charge in [0.25, 0.3) is 0 Å². The van der Waals surface area contributed by atoms with Gasteiger partial charge in [-0.15, -0.1) is 0 Å². The number of hydrogen-bond acceptors (Lipinski definition) is 1. The first-order valence-corrected chi connectivity index (χ1v) is 8.62. The second kappa shape index (κ2) is 7.47. The number of H-pyrrole nitrogens is 1. The Balaban J connectivity index is 1.69. The van der Waals surface area contributed by atoms with E-state index in [0.717, 1.165) is 34.5 Å². The number of nitrogens with one attached hydrogen (secondary N) is 2. The van der Waals surface area contributed by atoms with Gasteiger partial charge in [-0.05, 0) is 61.6 Å². The highest BCUT2D eigenvalue weighted by molar-refractivity contribution is 5.93.